The molecule has 0 N–H and O–H groups in total. The van der Waals surface area contributed by atoms with Crippen LogP contribution in [-0.4, -0.2) is 23.2 Å². The van der Waals surface area contributed by atoms with E-state index >= 15 is 0 Å². The summed E-state index contributed by atoms with van der Waals surface area (Å²) in [5, 5.41) is 3.56. The summed E-state index contributed by atoms with van der Waals surface area (Å²) in [7, 11) is 0. The molecule has 0 aliphatic heterocycles. The molecule has 2 aromatic rings. The normalized spacial score (nSPS) is 11.5. The van der Waals surface area contributed by atoms with Crippen LogP contribution in [0, 0.1) is 0 Å². The summed E-state index contributed by atoms with van der Waals surface area (Å²) in [6.45, 7) is 2.03. The van der Waals surface area contributed by atoms with Gasteiger partial charge in [-0.3, -0.25) is 0 Å². The Balaban J connectivity index is 1.86. The van der Waals surface area contributed by atoms with Gasteiger partial charge in [0, 0.05) is 11.0 Å². The minimum Gasteiger partial charge on any atom is -0.461 e. The van der Waals surface area contributed by atoms with E-state index in [2.05, 4.69) is 5.16 Å². The number of carbonyl (C=O) groups excluding carboxylic acids is 1. The monoisotopic (exact) mass is 361 g/mol. The Kier molecular flexibility index (Phi) is 6.27. The van der Waals surface area contributed by atoms with E-state index in [1.165, 1.54) is 24.3 Å². The van der Waals surface area contributed by atoms with Crippen LogP contribution in [0.25, 0.3) is 0 Å². The molecule has 130 valence electrons. The fourth-order valence-corrected chi connectivity index (χ4v) is 2.41. The number of esters is 1. The number of benzene rings is 1. The van der Waals surface area contributed by atoms with E-state index in [0.717, 1.165) is 0 Å². The highest BCUT2D eigenvalue weighted by Gasteiger charge is 2.29. The molecule has 0 radical (unpaired) electrons. The van der Waals surface area contributed by atoms with Gasteiger partial charge in [0.2, 0.25) is 0 Å². The number of aromatic nitrogens is 1. The van der Waals surface area contributed by atoms with Crippen molar-refractivity contribution in [1.29, 1.82) is 0 Å². The van der Waals surface area contributed by atoms with Gasteiger partial charge in [-0.05, 0) is 36.4 Å². The highest BCUT2D eigenvalue weighted by molar-refractivity contribution is 8.00. The molecule has 0 fully saturated rings. The van der Waals surface area contributed by atoms with Crippen LogP contribution in [0.1, 0.15) is 28.7 Å². The molecule has 0 aliphatic rings. The van der Waals surface area contributed by atoms with E-state index in [9.17, 15) is 18.0 Å². The Labute approximate surface area is 140 Å². The Morgan fingerprint density at radius 3 is 2.79 bits per heavy atom. The van der Waals surface area contributed by atoms with E-state index in [1.54, 1.807) is 13.0 Å². The van der Waals surface area contributed by atoms with Crippen LogP contribution < -0.4 is 0 Å². The standard InChI is InChI=1S/C15H14F3NO4S/c1-2-22-14(20)13-7-11(23-19-13)9-21-8-10-4-3-5-12(6-10)24-15(16,17)18/h3-7H,2,8-9H2,1H3. The molecular weight excluding hydrogens is 347 g/mol. The fourth-order valence-electron chi connectivity index (χ4n) is 1.78. The topological polar surface area (TPSA) is 61.6 Å². The Morgan fingerprint density at radius 1 is 1.29 bits per heavy atom. The first-order chi connectivity index (χ1) is 11.4. The molecule has 5 nitrogen and oxygen atoms in total. The van der Waals surface area contributed by atoms with E-state index in [-0.39, 0.29) is 42.2 Å². The number of thioether (sulfide) groups is 1. The Hall–Kier alpha value is -2.00. The van der Waals surface area contributed by atoms with E-state index in [4.69, 9.17) is 14.0 Å². The van der Waals surface area contributed by atoms with Crippen molar-refractivity contribution in [2.75, 3.05) is 6.61 Å². The number of nitrogens with zero attached hydrogens (tertiary/aromatic N) is 1. The maximum Gasteiger partial charge on any atom is 0.446 e. The maximum atomic E-state index is 12.3. The van der Waals surface area contributed by atoms with Gasteiger partial charge in [0.05, 0.1) is 13.2 Å². The molecule has 0 saturated carbocycles. The summed E-state index contributed by atoms with van der Waals surface area (Å²) in [5.41, 5.74) is -3.70. The number of halogens is 3. The zero-order valence-electron chi connectivity index (χ0n) is 12.6. The number of hydrogen-bond acceptors (Lipinski definition) is 6. The van der Waals surface area contributed by atoms with Gasteiger partial charge in [0.25, 0.3) is 0 Å². The first kappa shape index (κ1) is 18.3. The predicted octanol–water partition coefficient (Wildman–Crippen LogP) is 4.18. The van der Waals surface area contributed by atoms with Gasteiger partial charge in [-0.15, -0.1) is 0 Å². The molecule has 0 aliphatic carbocycles. The zero-order valence-corrected chi connectivity index (χ0v) is 13.4. The molecular formula is C15H14F3NO4S. The molecule has 1 aromatic carbocycles. The average Bonchev–Trinajstić information content (AvgIpc) is 2.95. The van der Waals surface area contributed by atoms with Crippen LogP contribution in [-0.2, 0) is 22.7 Å². The number of alkyl halides is 3. The quantitative estimate of drug-likeness (QED) is 0.545. The second kappa shape index (κ2) is 8.20. The summed E-state index contributed by atoms with van der Waals surface area (Å²) in [6.07, 6.45) is 0. The van der Waals surface area contributed by atoms with Crippen molar-refractivity contribution < 1.29 is 32.0 Å². The highest BCUT2D eigenvalue weighted by atomic mass is 32.2. The summed E-state index contributed by atoms with van der Waals surface area (Å²) < 4.78 is 52.1. The lowest BCUT2D eigenvalue weighted by atomic mass is 10.2. The molecule has 0 saturated heterocycles. The van der Waals surface area contributed by atoms with Crippen molar-refractivity contribution in [2.24, 2.45) is 0 Å². The summed E-state index contributed by atoms with van der Waals surface area (Å²) in [4.78, 5) is 11.5. The van der Waals surface area contributed by atoms with Crippen molar-refractivity contribution in [3.63, 3.8) is 0 Å². The molecule has 0 atom stereocenters. The molecule has 9 heteroatoms. The molecule has 2 rings (SSSR count). The molecule has 0 amide bonds. The molecule has 24 heavy (non-hydrogen) atoms. The maximum absolute atomic E-state index is 12.3. The van der Waals surface area contributed by atoms with Crippen molar-refractivity contribution in [2.45, 2.75) is 30.5 Å². The zero-order chi connectivity index (χ0) is 17.6. The lowest BCUT2D eigenvalue weighted by Crippen LogP contribution is -2.04. The number of carbonyl (C=O) groups is 1. The molecule has 0 unspecified atom stereocenters. The van der Waals surface area contributed by atoms with Crippen molar-refractivity contribution in [3.8, 4) is 0 Å². The second-order valence-electron chi connectivity index (χ2n) is 4.59. The van der Waals surface area contributed by atoms with Crippen LogP contribution in [0.5, 0.6) is 0 Å². The van der Waals surface area contributed by atoms with Gasteiger partial charge < -0.3 is 14.0 Å². The van der Waals surface area contributed by atoms with Gasteiger partial charge in [-0.1, -0.05) is 17.3 Å². The smallest absolute Gasteiger partial charge is 0.446 e. The molecule has 1 aromatic heterocycles. The van der Waals surface area contributed by atoms with Gasteiger partial charge in [-0.2, -0.15) is 13.2 Å². The SMILES string of the molecule is CCOC(=O)c1cc(COCc2cccc(SC(F)(F)F)c2)on1. The predicted molar refractivity (Wildman–Crippen MR) is 79.3 cm³/mol. The van der Waals surface area contributed by atoms with Crippen molar-refractivity contribution in [1.82, 2.24) is 5.16 Å². The van der Waals surface area contributed by atoms with E-state index < -0.39 is 11.5 Å². The fraction of sp³-hybridized carbons (Fsp3) is 0.333. The third kappa shape index (κ3) is 5.89. The minimum absolute atomic E-state index is 0.0308. The minimum atomic E-state index is -4.33. The van der Waals surface area contributed by atoms with Crippen LogP contribution in [0.4, 0.5) is 13.2 Å². The lowest BCUT2D eigenvalue weighted by molar-refractivity contribution is -0.0328. The van der Waals surface area contributed by atoms with Gasteiger partial charge in [0.15, 0.2) is 11.5 Å². The van der Waals surface area contributed by atoms with Crippen molar-refractivity contribution in [3.05, 3.63) is 47.3 Å². The summed E-state index contributed by atoms with van der Waals surface area (Å²) in [6, 6.07) is 7.37. The molecule has 0 bridgehead atoms. The third-order valence-electron chi connectivity index (χ3n) is 2.69. The van der Waals surface area contributed by atoms with E-state index in [1.807, 2.05) is 0 Å². The first-order valence-corrected chi connectivity index (χ1v) is 7.74. The average molecular weight is 361 g/mol. The first-order valence-electron chi connectivity index (χ1n) is 6.92. The second-order valence-corrected chi connectivity index (χ2v) is 5.73. The summed E-state index contributed by atoms with van der Waals surface area (Å²) in [5.74, 6) is -0.275. The van der Waals surface area contributed by atoms with Crippen LogP contribution >= 0.6 is 11.8 Å². The number of rotatable bonds is 7. The Bertz CT molecular complexity index is 687. The largest absolute Gasteiger partial charge is 0.461 e. The van der Waals surface area contributed by atoms with E-state index in [0.29, 0.717) is 11.3 Å². The van der Waals surface area contributed by atoms with Crippen LogP contribution in [0.15, 0.2) is 39.8 Å². The van der Waals surface area contributed by atoms with Gasteiger partial charge >= 0.3 is 11.5 Å². The molecule has 0 spiro atoms. The van der Waals surface area contributed by atoms with Gasteiger partial charge in [0.1, 0.15) is 6.61 Å². The Morgan fingerprint density at radius 2 is 2.08 bits per heavy atom. The lowest BCUT2D eigenvalue weighted by Gasteiger charge is -2.07. The van der Waals surface area contributed by atoms with Crippen molar-refractivity contribution >= 4 is 17.7 Å². The third-order valence-corrected chi connectivity index (χ3v) is 3.41. The molecule has 1 heterocycles. The highest BCUT2D eigenvalue weighted by Crippen LogP contribution is 2.36. The summed E-state index contributed by atoms with van der Waals surface area (Å²) >= 11 is -0.180. The number of hydrogen-bond donors (Lipinski definition) is 0. The number of ether oxygens (including phenoxy) is 2. The van der Waals surface area contributed by atoms with Crippen LogP contribution in [0.2, 0.25) is 0 Å². The van der Waals surface area contributed by atoms with Gasteiger partial charge in [-0.25, -0.2) is 4.79 Å². The van der Waals surface area contributed by atoms with Crippen LogP contribution in [0.3, 0.4) is 0 Å².